The highest BCUT2D eigenvalue weighted by molar-refractivity contribution is 5.96. The molecule has 0 unspecified atom stereocenters. The van der Waals surface area contributed by atoms with Crippen molar-refractivity contribution in [1.82, 2.24) is 4.98 Å². The van der Waals surface area contributed by atoms with Gasteiger partial charge in [0.15, 0.2) is 5.69 Å². The van der Waals surface area contributed by atoms with E-state index in [-0.39, 0.29) is 11.4 Å². The molecule has 0 amide bonds. The summed E-state index contributed by atoms with van der Waals surface area (Å²) in [5.74, 6) is -1.29. The van der Waals surface area contributed by atoms with E-state index in [2.05, 4.69) is 15.2 Å². The van der Waals surface area contributed by atoms with E-state index in [0.29, 0.717) is 11.4 Å². The summed E-state index contributed by atoms with van der Waals surface area (Å²) in [4.78, 5) is 13.6. The molecule has 3 rings (SSSR count). The largest absolute Gasteiger partial charge is 0.545 e. The molecule has 0 saturated heterocycles. The van der Waals surface area contributed by atoms with Crippen molar-refractivity contribution in [1.29, 1.82) is 0 Å². The van der Waals surface area contributed by atoms with Crippen LogP contribution in [0.25, 0.3) is 10.9 Å². The Hall–Kier alpha value is -3.15. The molecule has 6 nitrogen and oxygen atoms in total. The van der Waals surface area contributed by atoms with Gasteiger partial charge in [0.25, 0.3) is 0 Å². The van der Waals surface area contributed by atoms with Crippen molar-refractivity contribution in [3.05, 3.63) is 53.1 Å². The van der Waals surface area contributed by atoms with Gasteiger partial charge in [0.1, 0.15) is 0 Å². The van der Waals surface area contributed by atoms with Crippen LogP contribution in [0.4, 0.5) is 11.4 Å². The number of benzene rings is 2. The molecule has 116 valence electrons. The molecule has 2 N–H and O–H groups in total. The van der Waals surface area contributed by atoms with Crippen LogP contribution in [0, 0.1) is 13.8 Å². The topological polar surface area (TPSA) is 101 Å². The minimum absolute atomic E-state index is 0.0520. The summed E-state index contributed by atoms with van der Waals surface area (Å²) in [7, 11) is 0. The Morgan fingerprint density at radius 1 is 1.13 bits per heavy atom. The predicted molar refractivity (Wildman–Crippen MR) is 84.4 cm³/mol. The summed E-state index contributed by atoms with van der Waals surface area (Å²) >= 11 is 0. The average Bonchev–Trinajstić information content (AvgIpc) is 2.82. The number of nitrogens with one attached hydrogen (secondary N) is 1. The van der Waals surface area contributed by atoms with Crippen LogP contribution in [-0.4, -0.2) is 16.1 Å². The van der Waals surface area contributed by atoms with E-state index in [4.69, 9.17) is 0 Å². The van der Waals surface area contributed by atoms with Gasteiger partial charge in [-0.05, 0) is 43.2 Å². The number of hydrogen-bond acceptors (Lipinski definition) is 5. The zero-order valence-electron chi connectivity index (χ0n) is 12.6. The summed E-state index contributed by atoms with van der Waals surface area (Å²) < 4.78 is 0. The molecule has 0 saturated carbocycles. The molecule has 0 atom stereocenters. The lowest BCUT2D eigenvalue weighted by molar-refractivity contribution is -0.255. The van der Waals surface area contributed by atoms with Crippen molar-refractivity contribution in [2.45, 2.75) is 13.8 Å². The normalized spacial score (nSPS) is 11.4. The zero-order chi connectivity index (χ0) is 16.6. The number of aromatic nitrogens is 1. The number of aromatic carboxylic acids is 1. The minimum Gasteiger partial charge on any atom is -0.545 e. The first-order chi connectivity index (χ1) is 11.0. The smallest absolute Gasteiger partial charge is 0.218 e. The Morgan fingerprint density at radius 3 is 2.48 bits per heavy atom. The van der Waals surface area contributed by atoms with Gasteiger partial charge in [0.2, 0.25) is 5.88 Å². The first-order valence-electron chi connectivity index (χ1n) is 7.01. The van der Waals surface area contributed by atoms with Gasteiger partial charge in [0, 0.05) is 5.39 Å². The number of aromatic hydroxyl groups is 1. The van der Waals surface area contributed by atoms with E-state index in [1.807, 2.05) is 26.0 Å². The molecule has 0 bridgehead atoms. The van der Waals surface area contributed by atoms with Crippen molar-refractivity contribution in [2.75, 3.05) is 0 Å². The number of carbonyl (C=O) groups excluding carboxylic acids is 1. The van der Waals surface area contributed by atoms with Gasteiger partial charge < -0.3 is 20.0 Å². The van der Waals surface area contributed by atoms with Gasteiger partial charge in [-0.25, -0.2) is 0 Å². The van der Waals surface area contributed by atoms with Crippen LogP contribution >= 0.6 is 0 Å². The van der Waals surface area contributed by atoms with Gasteiger partial charge >= 0.3 is 0 Å². The predicted octanol–water partition coefficient (Wildman–Crippen LogP) is 3.27. The van der Waals surface area contributed by atoms with Crippen LogP contribution < -0.4 is 5.11 Å². The van der Waals surface area contributed by atoms with Crippen LogP contribution in [-0.2, 0) is 0 Å². The molecule has 6 heteroatoms. The number of hydrogen-bond donors (Lipinski definition) is 2. The standard InChI is InChI=1S/C17H15N3O3/c1-9-7-10(2)14-13(8-9)15(16(21)18-14)20-19-12-5-3-11(4-6-12)17(22)23/h3-8,18,21H,1-2H3,(H,22,23)/p-1. The Labute approximate surface area is 132 Å². The van der Waals surface area contributed by atoms with E-state index in [1.54, 1.807) is 0 Å². The van der Waals surface area contributed by atoms with Crippen LogP contribution in [0.2, 0.25) is 0 Å². The fourth-order valence-corrected chi connectivity index (χ4v) is 2.50. The van der Waals surface area contributed by atoms with E-state index in [1.165, 1.54) is 24.3 Å². The van der Waals surface area contributed by atoms with Gasteiger partial charge in [0.05, 0.1) is 17.2 Å². The molecule has 3 aromatic rings. The van der Waals surface area contributed by atoms with Crippen LogP contribution in [0.15, 0.2) is 46.6 Å². The molecule has 1 aromatic heterocycles. The third-order valence-electron chi connectivity index (χ3n) is 3.57. The number of fused-ring (bicyclic) bond motifs is 1. The van der Waals surface area contributed by atoms with Crippen LogP contribution in [0.5, 0.6) is 5.88 Å². The number of aromatic amines is 1. The summed E-state index contributed by atoms with van der Waals surface area (Å²) in [6, 6.07) is 9.78. The van der Waals surface area contributed by atoms with Crippen LogP contribution in [0.1, 0.15) is 21.5 Å². The van der Waals surface area contributed by atoms with E-state index < -0.39 is 5.97 Å². The highest BCUT2D eigenvalue weighted by Crippen LogP contribution is 2.38. The quantitative estimate of drug-likeness (QED) is 0.726. The van der Waals surface area contributed by atoms with Crippen LogP contribution in [0.3, 0.4) is 0 Å². The number of rotatable bonds is 3. The molecule has 23 heavy (non-hydrogen) atoms. The number of carboxylic acid groups (broad SMARTS) is 1. The van der Waals surface area contributed by atoms with Crippen molar-refractivity contribution in [3.63, 3.8) is 0 Å². The molecule has 0 aliphatic carbocycles. The molecule has 0 aliphatic heterocycles. The maximum absolute atomic E-state index is 10.7. The van der Waals surface area contributed by atoms with Crippen molar-refractivity contribution < 1.29 is 15.0 Å². The highest BCUT2D eigenvalue weighted by Gasteiger charge is 2.12. The number of carboxylic acids is 1. The number of H-pyrrole nitrogens is 1. The fourth-order valence-electron chi connectivity index (χ4n) is 2.50. The average molecular weight is 308 g/mol. The monoisotopic (exact) mass is 308 g/mol. The van der Waals surface area contributed by atoms with Crippen molar-refractivity contribution in [3.8, 4) is 5.88 Å². The summed E-state index contributed by atoms with van der Waals surface area (Å²) in [5.41, 5.74) is 3.79. The molecular formula is C17H14N3O3-. The molecule has 0 aliphatic rings. The number of azo groups is 1. The second-order valence-electron chi connectivity index (χ2n) is 5.36. The summed E-state index contributed by atoms with van der Waals surface area (Å²) in [5, 5.41) is 29.7. The van der Waals surface area contributed by atoms with Gasteiger partial charge in [-0.2, -0.15) is 5.11 Å². The SMILES string of the molecule is Cc1cc(C)c2[nH]c(O)c(N=Nc3ccc(C(=O)[O-])cc3)c2c1. The Balaban J connectivity index is 2.00. The molecule has 0 fully saturated rings. The number of carbonyl (C=O) groups is 1. The first-order valence-corrected chi connectivity index (χ1v) is 7.01. The lowest BCUT2D eigenvalue weighted by Gasteiger charge is -2.01. The van der Waals surface area contributed by atoms with E-state index >= 15 is 0 Å². The maximum Gasteiger partial charge on any atom is 0.218 e. The molecule has 2 aromatic carbocycles. The lowest BCUT2D eigenvalue weighted by atomic mass is 10.1. The number of aryl methyl sites for hydroxylation is 2. The third-order valence-corrected chi connectivity index (χ3v) is 3.57. The van der Waals surface area contributed by atoms with E-state index in [9.17, 15) is 15.0 Å². The summed E-state index contributed by atoms with van der Waals surface area (Å²) in [6.07, 6.45) is 0. The van der Waals surface area contributed by atoms with Crippen molar-refractivity contribution in [2.24, 2.45) is 10.2 Å². The maximum atomic E-state index is 10.7. The van der Waals surface area contributed by atoms with E-state index in [0.717, 1.165) is 22.0 Å². The Bertz CT molecular complexity index is 924. The third kappa shape index (κ3) is 2.78. The molecule has 1 heterocycles. The Morgan fingerprint density at radius 2 is 1.83 bits per heavy atom. The zero-order valence-corrected chi connectivity index (χ0v) is 12.6. The summed E-state index contributed by atoms with van der Waals surface area (Å²) in [6.45, 7) is 3.92. The van der Waals surface area contributed by atoms with Gasteiger partial charge in [-0.1, -0.05) is 23.8 Å². The highest BCUT2D eigenvalue weighted by atomic mass is 16.4. The molecule has 0 radical (unpaired) electrons. The second-order valence-corrected chi connectivity index (χ2v) is 5.36. The number of nitrogens with zero attached hydrogens (tertiary/aromatic N) is 2. The van der Waals surface area contributed by atoms with Gasteiger partial charge in [-0.15, -0.1) is 5.11 Å². The lowest BCUT2D eigenvalue weighted by Crippen LogP contribution is -2.21. The molecule has 0 spiro atoms. The second kappa shape index (κ2) is 5.57. The fraction of sp³-hybridized carbons (Fsp3) is 0.118. The first kappa shape index (κ1) is 14.8. The Kier molecular flexibility index (Phi) is 3.57. The molecular weight excluding hydrogens is 294 g/mol. The van der Waals surface area contributed by atoms with Gasteiger partial charge in [-0.3, -0.25) is 0 Å². The minimum atomic E-state index is -1.24. The van der Waals surface area contributed by atoms with Crippen molar-refractivity contribution >= 4 is 28.2 Å².